The van der Waals surface area contributed by atoms with E-state index in [0.717, 1.165) is 11.1 Å². The molecule has 0 fully saturated rings. The van der Waals surface area contributed by atoms with E-state index in [1.807, 2.05) is 32.0 Å². The Bertz CT molecular complexity index is 1070. The van der Waals surface area contributed by atoms with Gasteiger partial charge in [-0.15, -0.1) is 0 Å². The predicted molar refractivity (Wildman–Crippen MR) is 103 cm³/mol. The second-order valence-electron chi connectivity index (χ2n) is 7.06. The molecule has 0 bridgehead atoms. The van der Waals surface area contributed by atoms with Crippen molar-refractivity contribution in [1.82, 2.24) is 15.1 Å². The molecule has 7 heteroatoms. The largest absolute Gasteiger partial charge is 0.508 e. The van der Waals surface area contributed by atoms with E-state index in [-0.39, 0.29) is 30.6 Å². The Hall–Kier alpha value is -3.32. The maximum absolute atomic E-state index is 12.9. The van der Waals surface area contributed by atoms with Gasteiger partial charge in [0.25, 0.3) is 5.91 Å². The van der Waals surface area contributed by atoms with Gasteiger partial charge < -0.3 is 20.2 Å². The van der Waals surface area contributed by atoms with Gasteiger partial charge in [-0.25, -0.2) is 0 Å². The minimum Gasteiger partial charge on any atom is -0.508 e. The highest BCUT2D eigenvalue weighted by atomic mass is 16.3. The van der Waals surface area contributed by atoms with Crippen LogP contribution in [0.1, 0.15) is 38.8 Å². The van der Waals surface area contributed by atoms with Gasteiger partial charge in [-0.3, -0.25) is 9.89 Å². The van der Waals surface area contributed by atoms with E-state index in [9.17, 15) is 20.1 Å². The van der Waals surface area contributed by atoms with Crippen molar-refractivity contribution in [3.63, 3.8) is 0 Å². The van der Waals surface area contributed by atoms with Crippen LogP contribution in [0.5, 0.6) is 11.5 Å². The second kappa shape index (κ2) is 6.69. The molecule has 0 radical (unpaired) electrons. The summed E-state index contributed by atoms with van der Waals surface area (Å²) in [5.41, 5.74) is 4.37. The SMILES string of the molecule is Cc1cc(C)c(O)c(-c2n[nH]c3c2[C@@H](c2cccc(O)c2)N(CCO)C3=O)c1. The first kappa shape index (κ1) is 18.1. The highest BCUT2D eigenvalue weighted by Crippen LogP contribution is 2.45. The fraction of sp³-hybridized carbons (Fsp3) is 0.238. The summed E-state index contributed by atoms with van der Waals surface area (Å²) in [7, 11) is 0. The Labute approximate surface area is 161 Å². The number of benzene rings is 2. The lowest BCUT2D eigenvalue weighted by atomic mass is 9.94. The number of fused-ring (bicyclic) bond motifs is 1. The number of aryl methyl sites for hydroxylation is 2. The Kier molecular flexibility index (Phi) is 4.31. The molecule has 1 amide bonds. The quantitative estimate of drug-likeness (QED) is 0.557. The van der Waals surface area contributed by atoms with Gasteiger partial charge in [-0.05, 0) is 48.7 Å². The molecular formula is C21H21N3O4. The van der Waals surface area contributed by atoms with Gasteiger partial charge in [-0.2, -0.15) is 5.10 Å². The minimum atomic E-state index is -0.532. The summed E-state index contributed by atoms with van der Waals surface area (Å²) in [5.74, 6) is -0.0794. The first-order chi connectivity index (χ1) is 13.4. The number of carbonyl (C=O) groups is 1. The highest BCUT2D eigenvalue weighted by molar-refractivity contribution is 6.00. The minimum absolute atomic E-state index is 0.0849. The average Bonchev–Trinajstić information content (AvgIpc) is 3.18. The Balaban J connectivity index is 1.95. The zero-order chi connectivity index (χ0) is 20.0. The second-order valence-corrected chi connectivity index (χ2v) is 7.06. The van der Waals surface area contributed by atoms with E-state index in [4.69, 9.17) is 0 Å². The maximum Gasteiger partial charge on any atom is 0.273 e. The number of H-pyrrole nitrogens is 1. The summed E-state index contributed by atoms with van der Waals surface area (Å²) in [6.07, 6.45) is 0. The lowest BCUT2D eigenvalue weighted by molar-refractivity contribution is 0.0706. The smallest absolute Gasteiger partial charge is 0.273 e. The van der Waals surface area contributed by atoms with E-state index in [2.05, 4.69) is 10.2 Å². The van der Waals surface area contributed by atoms with Crippen molar-refractivity contribution in [2.45, 2.75) is 19.9 Å². The van der Waals surface area contributed by atoms with Crippen LogP contribution in [-0.4, -0.2) is 49.5 Å². The Morgan fingerprint density at radius 2 is 1.96 bits per heavy atom. The molecule has 1 aliphatic rings. The molecule has 4 rings (SSSR count). The van der Waals surface area contributed by atoms with Crippen LogP contribution < -0.4 is 0 Å². The third kappa shape index (κ3) is 2.71. The van der Waals surface area contributed by atoms with Crippen LogP contribution in [0.2, 0.25) is 0 Å². The molecule has 0 saturated heterocycles. The van der Waals surface area contributed by atoms with Crippen molar-refractivity contribution in [2.24, 2.45) is 0 Å². The Morgan fingerprint density at radius 1 is 1.18 bits per heavy atom. The van der Waals surface area contributed by atoms with E-state index >= 15 is 0 Å². The summed E-state index contributed by atoms with van der Waals surface area (Å²) in [6, 6.07) is 9.85. The third-order valence-electron chi connectivity index (χ3n) is 5.09. The molecule has 7 nitrogen and oxygen atoms in total. The average molecular weight is 379 g/mol. The molecule has 0 saturated carbocycles. The summed E-state index contributed by atoms with van der Waals surface area (Å²) in [5, 5.41) is 37.2. The molecule has 1 aliphatic heterocycles. The summed E-state index contributed by atoms with van der Waals surface area (Å²) < 4.78 is 0. The molecule has 2 aromatic carbocycles. The number of β-amino-alcohol motifs (C(OH)–C–C–N with tert-alkyl or cyclic N) is 1. The molecule has 3 aromatic rings. The molecule has 1 atom stereocenters. The zero-order valence-corrected chi connectivity index (χ0v) is 15.6. The van der Waals surface area contributed by atoms with E-state index in [1.165, 1.54) is 0 Å². The molecule has 28 heavy (non-hydrogen) atoms. The van der Waals surface area contributed by atoms with Crippen LogP contribution in [0.15, 0.2) is 36.4 Å². The molecule has 0 spiro atoms. The first-order valence-electron chi connectivity index (χ1n) is 9.02. The predicted octanol–water partition coefficient (Wildman–Crippen LogP) is 2.64. The topological polar surface area (TPSA) is 110 Å². The number of phenolic OH excluding ortho intramolecular Hbond substituents is 2. The van der Waals surface area contributed by atoms with E-state index in [0.29, 0.717) is 28.1 Å². The molecule has 2 heterocycles. The number of nitrogens with one attached hydrogen (secondary N) is 1. The van der Waals surface area contributed by atoms with Crippen molar-refractivity contribution < 1.29 is 20.1 Å². The molecule has 4 N–H and O–H groups in total. The number of aromatic nitrogens is 2. The van der Waals surface area contributed by atoms with Crippen molar-refractivity contribution in [1.29, 1.82) is 0 Å². The number of nitrogens with zero attached hydrogens (tertiary/aromatic N) is 2. The number of hydrogen-bond acceptors (Lipinski definition) is 5. The number of phenols is 2. The number of aromatic hydroxyl groups is 2. The highest BCUT2D eigenvalue weighted by Gasteiger charge is 2.42. The van der Waals surface area contributed by atoms with Gasteiger partial charge in [0.05, 0.1) is 12.6 Å². The fourth-order valence-electron chi connectivity index (χ4n) is 3.92. The van der Waals surface area contributed by atoms with Crippen LogP contribution in [0.4, 0.5) is 0 Å². The number of hydrogen-bond donors (Lipinski definition) is 4. The molecule has 144 valence electrons. The number of aliphatic hydroxyl groups is 1. The van der Waals surface area contributed by atoms with Gasteiger partial charge in [0.15, 0.2) is 0 Å². The van der Waals surface area contributed by atoms with Crippen molar-refractivity contribution >= 4 is 5.91 Å². The van der Waals surface area contributed by atoms with Crippen molar-refractivity contribution in [3.8, 4) is 22.8 Å². The van der Waals surface area contributed by atoms with Gasteiger partial charge in [0.2, 0.25) is 0 Å². The Morgan fingerprint density at radius 3 is 2.68 bits per heavy atom. The number of amides is 1. The van der Waals surface area contributed by atoms with E-state index < -0.39 is 6.04 Å². The fourth-order valence-corrected chi connectivity index (χ4v) is 3.92. The van der Waals surface area contributed by atoms with Gasteiger partial charge >= 0.3 is 0 Å². The zero-order valence-electron chi connectivity index (χ0n) is 15.6. The first-order valence-corrected chi connectivity index (χ1v) is 9.02. The lowest BCUT2D eigenvalue weighted by Gasteiger charge is -2.25. The third-order valence-corrected chi connectivity index (χ3v) is 5.09. The van der Waals surface area contributed by atoms with Gasteiger partial charge in [0, 0.05) is 17.7 Å². The van der Waals surface area contributed by atoms with Crippen molar-refractivity contribution in [3.05, 3.63) is 64.3 Å². The molecule has 0 unspecified atom stereocenters. The number of carbonyl (C=O) groups excluding carboxylic acids is 1. The van der Waals surface area contributed by atoms with Crippen LogP contribution in [0.3, 0.4) is 0 Å². The van der Waals surface area contributed by atoms with Crippen molar-refractivity contribution in [2.75, 3.05) is 13.2 Å². The monoisotopic (exact) mass is 379 g/mol. The summed E-state index contributed by atoms with van der Waals surface area (Å²) >= 11 is 0. The van der Waals surface area contributed by atoms with Crippen LogP contribution in [0.25, 0.3) is 11.3 Å². The van der Waals surface area contributed by atoms with Gasteiger partial charge in [-0.1, -0.05) is 18.2 Å². The van der Waals surface area contributed by atoms with Gasteiger partial charge in [0.1, 0.15) is 22.9 Å². The standard InChI is InChI=1S/C21H21N3O4/c1-11-8-12(2)20(27)15(9-11)17-16-18(23-22-17)21(28)24(6-7-25)19(16)13-4-3-5-14(26)10-13/h3-5,8-10,19,25-27H,6-7H2,1-2H3,(H,22,23)/t19-/m1/s1. The van der Waals surface area contributed by atoms with E-state index in [1.54, 1.807) is 23.1 Å². The molecular weight excluding hydrogens is 358 g/mol. The summed E-state index contributed by atoms with van der Waals surface area (Å²) in [6.45, 7) is 3.69. The molecule has 0 aliphatic carbocycles. The maximum atomic E-state index is 12.9. The normalized spacial score (nSPS) is 15.9. The van der Waals surface area contributed by atoms with Crippen LogP contribution in [-0.2, 0) is 0 Å². The summed E-state index contributed by atoms with van der Waals surface area (Å²) in [4.78, 5) is 14.5. The van der Waals surface area contributed by atoms with Crippen LogP contribution >= 0.6 is 0 Å². The van der Waals surface area contributed by atoms with Crippen LogP contribution in [0, 0.1) is 13.8 Å². The number of aromatic amines is 1. The number of rotatable bonds is 4. The molecule has 1 aromatic heterocycles. The number of aliphatic hydroxyl groups excluding tert-OH is 1. The lowest BCUT2D eigenvalue weighted by Crippen LogP contribution is -2.32.